The SMILES string of the molecule is COc1ccc(C(=O)NC2CC3CCCC(C2)N3Cc2nc3c(C(F)(F)F)cccc3s2)c(OC)c1OC. The van der Waals surface area contributed by atoms with Gasteiger partial charge in [0.15, 0.2) is 11.5 Å². The third-order valence-electron chi connectivity index (χ3n) is 7.50. The molecule has 3 aromatic rings. The van der Waals surface area contributed by atoms with Crippen LogP contribution in [-0.2, 0) is 12.7 Å². The van der Waals surface area contributed by atoms with Gasteiger partial charge in [-0.05, 0) is 49.9 Å². The number of methoxy groups -OCH3 is 3. The minimum atomic E-state index is -4.44. The van der Waals surface area contributed by atoms with E-state index in [0.717, 1.165) is 38.2 Å². The average molecular weight is 550 g/mol. The molecule has 2 aliphatic rings. The first-order valence-corrected chi connectivity index (χ1v) is 13.4. The Labute approximate surface area is 222 Å². The van der Waals surface area contributed by atoms with Gasteiger partial charge in [0.2, 0.25) is 5.75 Å². The summed E-state index contributed by atoms with van der Waals surface area (Å²) in [6.07, 6.45) is 0.123. The van der Waals surface area contributed by atoms with Gasteiger partial charge in [0.1, 0.15) is 5.01 Å². The Morgan fingerprint density at radius 2 is 1.76 bits per heavy atom. The van der Waals surface area contributed by atoms with Gasteiger partial charge in [-0.15, -0.1) is 11.3 Å². The standard InChI is InChI=1S/C27H30F3N3O4S/c1-35-20-11-10-18(24(36-2)25(20)37-3)26(34)31-15-12-16-6-4-7-17(13-15)33(16)14-22-32-23-19(27(28,29)30)8-5-9-21(23)38-22/h5,8-11,15-17H,4,6-7,12-14H2,1-3H3,(H,31,34). The molecule has 2 aromatic carbocycles. The third-order valence-corrected chi connectivity index (χ3v) is 8.50. The number of carbonyl (C=O) groups is 1. The molecule has 1 amide bonds. The monoisotopic (exact) mass is 549 g/mol. The van der Waals surface area contributed by atoms with Crippen molar-refractivity contribution in [1.29, 1.82) is 0 Å². The van der Waals surface area contributed by atoms with Crippen molar-refractivity contribution in [1.82, 2.24) is 15.2 Å². The molecule has 7 nitrogen and oxygen atoms in total. The normalized spacial score (nSPS) is 21.8. The molecule has 0 aliphatic carbocycles. The van der Waals surface area contributed by atoms with Gasteiger partial charge < -0.3 is 19.5 Å². The highest BCUT2D eigenvalue weighted by Crippen LogP contribution is 2.41. The fourth-order valence-electron chi connectivity index (χ4n) is 5.84. The van der Waals surface area contributed by atoms with E-state index in [4.69, 9.17) is 14.2 Å². The van der Waals surface area contributed by atoms with Gasteiger partial charge in [-0.2, -0.15) is 13.2 Å². The van der Waals surface area contributed by atoms with Crippen LogP contribution in [0.5, 0.6) is 17.2 Å². The van der Waals surface area contributed by atoms with E-state index in [9.17, 15) is 18.0 Å². The van der Waals surface area contributed by atoms with E-state index in [2.05, 4.69) is 15.2 Å². The number of hydrogen-bond donors (Lipinski definition) is 1. The number of para-hydroxylation sites is 1. The van der Waals surface area contributed by atoms with Crippen LogP contribution in [0, 0.1) is 0 Å². The number of nitrogens with zero attached hydrogens (tertiary/aromatic N) is 2. The second kappa shape index (κ2) is 10.6. The molecule has 1 aromatic heterocycles. The number of nitrogens with one attached hydrogen (secondary N) is 1. The summed E-state index contributed by atoms with van der Waals surface area (Å²) >= 11 is 1.32. The van der Waals surface area contributed by atoms with Crippen LogP contribution in [0.4, 0.5) is 13.2 Å². The predicted molar refractivity (Wildman–Crippen MR) is 138 cm³/mol. The summed E-state index contributed by atoms with van der Waals surface area (Å²) in [6.45, 7) is 0.510. The summed E-state index contributed by atoms with van der Waals surface area (Å²) in [5, 5.41) is 3.86. The van der Waals surface area contributed by atoms with Gasteiger partial charge in [-0.3, -0.25) is 9.69 Å². The zero-order valence-corrected chi connectivity index (χ0v) is 22.2. The van der Waals surface area contributed by atoms with Gasteiger partial charge in [0, 0.05) is 18.1 Å². The second-order valence-electron chi connectivity index (χ2n) is 9.69. The van der Waals surface area contributed by atoms with Crippen molar-refractivity contribution < 1.29 is 32.2 Å². The largest absolute Gasteiger partial charge is 0.493 e. The van der Waals surface area contributed by atoms with E-state index in [0.29, 0.717) is 39.1 Å². The number of rotatable bonds is 7. The minimum Gasteiger partial charge on any atom is -0.493 e. The van der Waals surface area contributed by atoms with Gasteiger partial charge >= 0.3 is 6.18 Å². The van der Waals surface area contributed by atoms with Crippen molar-refractivity contribution in [3.63, 3.8) is 0 Å². The molecule has 1 N–H and O–H groups in total. The number of benzene rings is 2. The topological polar surface area (TPSA) is 72.9 Å². The molecule has 2 unspecified atom stereocenters. The number of thiazole rings is 1. The molecule has 38 heavy (non-hydrogen) atoms. The molecule has 2 saturated heterocycles. The molecule has 2 aliphatic heterocycles. The molecule has 0 radical (unpaired) electrons. The average Bonchev–Trinajstić information content (AvgIpc) is 3.29. The van der Waals surface area contributed by atoms with Crippen LogP contribution in [0.25, 0.3) is 10.2 Å². The predicted octanol–water partition coefficient (Wildman–Crippen LogP) is 5.66. The number of carbonyl (C=O) groups excluding carboxylic acids is 1. The van der Waals surface area contributed by atoms with E-state index < -0.39 is 11.7 Å². The molecule has 2 fully saturated rings. The molecule has 204 valence electrons. The number of piperidine rings is 2. The Balaban J connectivity index is 1.31. The van der Waals surface area contributed by atoms with Gasteiger partial charge in [0.05, 0.1) is 49.2 Å². The summed E-state index contributed by atoms with van der Waals surface area (Å²) in [7, 11) is 4.50. The van der Waals surface area contributed by atoms with Gasteiger partial charge in [-0.1, -0.05) is 12.5 Å². The lowest BCUT2D eigenvalue weighted by atomic mass is 9.81. The Hall–Kier alpha value is -3.05. The highest BCUT2D eigenvalue weighted by Gasteiger charge is 2.40. The Bertz CT molecular complexity index is 1310. The van der Waals surface area contributed by atoms with Crippen LogP contribution in [0.2, 0.25) is 0 Å². The summed E-state index contributed by atoms with van der Waals surface area (Å²) < 4.78 is 57.2. The maximum Gasteiger partial charge on any atom is 0.418 e. The Morgan fingerprint density at radius 3 is 2.39 bits per heavy atom. The Kier molecular flexibility index (Phi) is 7.41. The lowest BCUT2D eigenvalue weighted by Gasteiger charge is -2.48. The zero-order valence-electron chi connectivity index (χ0n) is 21.4. The van der Waals surface area contributed by atoms with Crippen molar-refractivity contribution in [3.05, 3.63) is 46.5 Å². The van der Waals surface area contributed by atoms with Crippen molar-refractivity contribution in [2.45, 2.75) is 63.0 Å². The van der Waals surface area contributed by atoms with Crippen molar-refractivity contribution in [3.8, 4) is 17.2 Å². The van der Waals surface area contributed by atoms with Crippen molar-refractivity contribution >= 4 is 27.5 Å². The fourth-order valence-corrected chi connectivity index (χ4v) is 6.85. The first-order valence-electron chi connectivity index (χ1n) is 12.5. The maximum atomic E-state index is 13.5. The van der Waals surface area contributed by atoms with Crippen molar-refractivity contribution in [2.75, 3.05) is 21.3 Å². The molecule has 0 saturated carbocycles. The van der Waals surface area contributed by atoms with E-state index in [1.54, 1.807) is 18.2 Å². The van der Waals surface area contributed by atoms with Crippen molar-refractivity contribution in [2.24, 2.45) is 0 Å². The first-order chi connectivity index (χ1) is 18.2. The van der Waals surface area contributed by atoms with Crippen LogP contribution in [-0.4, -0.2) is 55.2 Å². The number of amides is 1. The lowest BCUT2D eigenvalue weighted by molar-refractivity contribution is -0.136. The molecule has 2 bridgehead atoms. The molecular weight excluding hydrogens is 519 g/mol. The summed E-state index contributed by atoms with van der Waals surface area (Å²) in [5.74, 6) is 0.904. The second-order valence-corrected chi connectivity index (χ2v) is 10.8. The van der Waals surface area contributed by atoms with E-state index in [-0.39, 0.29) is 29.5 Å². The van der Waals surface area contributed by atoms with Crippen LogP contribution >= 0.6 is 11.3 Å². The smallest absolute Gasteiger partial charge is 0.418 e. The first kappa shape index (κ1) is 26.6. The zero-order chi connectivity index (χ0) is 27.0. The summed E-state index contributed by atoms with van der Waals surface area (Å²) in [6, 6.07) is 7.95. The highest BCUT2D eigenvalue weighted by molar-refractivity contribution is 7.18. The number of alkyl halides is 3. The molecule has 0 spiro atoms. The fraction of sp³-hybridized carbons (Fsp3) is 0.481. The van der Waals surface area contributed by atoms with Crippen LogP contribution < -0.4 is 19.5 Å². The molecule has 5 rings (SSSR count). The number of hydrogen-bond acceptors (Lipinski definition) is 7. The maximum absolute atomic E-state index is 13.5. The summed E-state index contributed by atoms with van der Waals surface area (Å²) in [5.41, 5.74) is -0.298. The number of fused-ring (bicyclic) bond motifs is 3. The van der Waals surface area contributed by atoms with Crippen LogP contribution in [0.15, 0.2) is 30.3 Å². The molecule has 11 heteroatoms. The molecular formula is C27H30F3N3O4S. The van der Waals surface area contributed by atoms with Gasteiger partial charge in [0.25, 0.3) is 5.91 Å². The minimum absolute atomic E-state index is 0.0242. The third kappa shape index (κ3) is 5.01. The Morgan fingerprint density at radius 1 is 1.05 bits per heavy atom. The quantitative estimate of drug-likeness (QED) is 0.410. The van der Waals surface area contributed by atoms with E-state index >= 15 is 0 Å². The van der Waals surface area contributed by atoms with Crippen LogP contribution in [0.1, 0.15) is 53.0 Å². The highest BCUT2D eigenvalue weighted by atomic mass is 32.1. The van der Waals surface area contributed by atoms with E-state index in [1.165, 1.54) is 38.7 Å². The molecule has 3 heterocycles. The number of halogens is 3. The molecule has 2 atom stereocenters. The van der Waals surface area contributed by atoms with Crippen LogP contribution in [0.3, 0.4) is 0 Å². The van der Waals surface area contributed by atoms with E-state index in [1.807, 2.05) is 0 Å². The van der Waals surface area contributed by atoms with Gasteiger partial charge in [-0.25, -0.2) is 4.98 Å². The number of aromatic nitrogens is 1. The summed E-state index contributed by atoms with van der Waals surface area (Å²) in [4.78, 5) is 20.0. The lowest BCUT2D eigenvalue weighted by Crippen LogP contribution is -2.56. The number of ether oxygens (including phenoxy) is 3.